The molecule has 1 aromatic carbocycles. The number of benzene rings is 1. The molecule has 2 aromatic rings. The Morgan fingerprint density at radius 3 is 2.59 bits per heavy atom. The third-order valence-corrected chi connectivity index (χ3v) is 2.91. The molecule has 118 valence electrons. The van der Waals surface area contributed by atoms with E-state index in [4.69, 9.17) is 4.74 Å². The Morgan fingerprint density at radius 2 is 2.05 bits per heavy atom. The third kappa shape index (κ3) is 2.76. The van der Waals surface area contributed by atoms with Crippen LogP contribution in [0.3, 0.4) is 0 Å². The number of fused-ring (bicyclic) bond motifs is 1. The van der Waals surface area contributed by atoms with Gasteiger partial charge in [0, 0.05) is 5.39 Å². The second-order valence-electron chi connectivity index (χ2n) is 4.29. The summed E-state index contributed by atoms with van der Waals surface area (Å²) in [4.78, 5) is 15.2. The smallest absolute Gasteiger partial charge is 0.434 e. The fourth-order valence-corrected chi connectivity index (χ4v) is 1.95. The van der Waals surface area contributed by atoms with Gasteiger partial charge in [-0.3, -0.25) is 0 Å². The van der Waals surface area contributed by atoms with Gasteiger partial charge in [0.15, 0.2) is 5.69 Å². The topological polar surface area (TPSA) is 68.7 Å². The molecule has 0 unspecified atom stereocenters. The van der Waals surface area contributed by atoms with E-state index in [2.05, 4.69) is 9.72 Å². The summed E-state index contributed by atoms with van der Waals surface area (Å²) in [7, 11) is 1.36. The van der Waals surface area contributed by atoms with Crippen LogP contribution in [-0.2, 0) is 10.9 Å². The number of ether oxygens (including phenoxy) is 2. The van der Waals surface area contributed by atoms with Gasteiger partial charge in [0.05, 0.1) is 19.2 Å². The Kier molecular flexibility index (Phi) is 4.11. The van der Waals surface area contributed by atoms with Crippen molar-refractivity contribution in [3.8, 4) is 11.5 Å². The predicted molar refractivity (Wildman–Crippen MR) is 70.9 cm³/mol. The minimum atomic E-state index is -4.91. The lowest BCUT2D eigenvalue weighted by Crippen LogP contribution is -2.17. The number of halogens is 3. The molecule has 1 N–H and O–H groups in total. The molecule has 1 aromatic heterocycles. The highest BCUT2D eigenvalue weighted by atomic mass is 19.4. The van der Waals surface area contributed by atoms with Crippen LogP contribution in [0.15, 0.2) is 18.2 Å². The summed E-state index contributed by atoms with van der Waals surface area (Å²) in [6, 6.07) is 3.96. The Hall–Kier alpha value is -2.51. The van der Waals surface area contributed by atoms with E-state index in [9.17, 15) is 23.1 Å². The highest BCUT2D eigenvalue weighted by molar-refractivity contribution is 6.01. The van der Waals surface area contributed by atoms with E-state index in [0.717, 1.165) is 0 Å². The Labute approximate surface area is 123 Å². The van der Waals surface area contributed by atoms with Gasteiger partial charge in [0.2, 0.25) is 0 Å². The molecular formula is C14H12F3NO4. The van der Waals surface area contributed by atoms with Crippen LogP contribution in [-0.4, -0.2) is 29.8 Å². The summed E-state index contributed by atoms with van der Waals surface area (Å²) in [5, 5.41) is 10.1. The molecule has 0 spiro atoms. The molecule has 1 heterocycles. The quantitative estimate of drug-likeness (QED) is 0.881. The maximum absolute atomic E-state index is 13.1. The molecule has 0 amide bonds. The molecule has 0 aliphatic carbocycles. The zero-order valence-corrected chi connectivity index (χ0v) is 11.7. The fourth-order valence-electron chi connectivity index (χ4n) is 1.95. The minimum absolute atomic E-state index is 0.0320. The van der Waals surface area contributed by atoms with Gasteiger partial charge in [-0.15, -0.1) is 0 Å². The number of nitrogens with zero attached hydrogens (tertiary/aromatic N) is 1. The minimum Gasteiger partial charge on any atom is -0.506 e. The summed E-state index contributed by atoms with van der Waals surface area (Å²) in [5.41, 5.74) is -2.60. The van der Waals surface area contributed by atoms with Crippen LogP contribution in [0.1, 0.15) is 23.0 Å². The highest BCUT2D eigenvalue weighted by Gasteiger charge is 2.40. The van der Waals surface area contributed by atoms with E-state index in [1.165, 1.54) is 32.2 Å². The molecule has 0 saturated heterocycles. The summed E-state index contributed by atoms with van der Waals surface area (Å²) in [6.45, 7) is 1.31. The molecule has 0 aliphatic rings. The van der Waals surface area contributed by atoms with Crippen LogP contribution in [0.2, 0.25) is 0 Å². The highest BCUT2D eigenvalue weighted by Crippen LogP contribution is 2.39. The summed E-state index contributed by atoms with van der Waals surface area (Å²) in [6.07, 6.45) is -4.91. The summed E-state index contributed by atoms with van der Waals surface area (Å²) in [5.74, 6) is -1.82. The first kappa shape index (κ1) is 15.9. The summed E-state index contributed by atoms with van der Waals surface area (Å²) < 4.78 is 48.8. The fraction of sp³-hybridized carbons (Fsp3) is 0.286. The molecule has 2 rings (SSSR count). The standard InChI is InChI=1S/C14H12F3NO4/c1-3-22-13(20)10-11(19)8-6-7(21-2)4-5-9(8)18-12(10)14(15,16)17/h4-6H,3H2,1-2H3,(H,18,19). The molecule has 0 radical (unpaired) electrons. The number of rotatable bonds is 3. The number of carbonyl (C=O) groups is 1. The van der Waals surface area contributed by atoms with Crippen LogP contribution in [0.4, 0.5) is 13.2 Å². The molecule has 0 aliphatic heterocycles. The van der Waals surface area contributed by atoms with Crippen molar-refractivity contribution in [2.75, 3.05) is 13.7 Å². The number of hydrogen-bond donors (Lipinski definition) is 1. The Bertz CT molecular complexity index is 728. The lowest BCUT2D eigenvalue weighted by atomic mass is 10.1. The van der Waals surface area contributed by atoms with Crippen molar-refractivity contribution in [2.45, 2.75) is 13.1 Å². The maximum atomic E-state index is 13.1. The predicted octanol–water partition coefficient (Wildman–Crippen LogP) is 3.14. The Morgan fingerprint density at radius 1 is 1.36 bits per heavy atom. The van der Waals surface area contributed by atoms with Gasteiger partial charge >= 0.3 is 12.1 Å². The number of aromatic nitrogens is 1. The van der Waals surface area contributed by atoms with Gasteiger partial charge in [-0.25, -0.2) is 9.78 Å². The number of methoxy groups -OCH3 is 1. The molecular weight excluding hydrogens is 303 g/mol. The van der Waals surface area contributed by atoms with E-state index >= 15 is 0 Å². The van der Waals surface area contributed by atoms with Crippen molar-refractivity contribution in [3.63, 3.8) is 0 Å². The van der Waals surface area contributed by atoms with Crippen molar-refractivity contribution in [3.05, 3.63) is 29.5 Å². The van der Waals surface area contributed by atoms with Crippen molar-refractivity contribution in [1.82, 2.24) is 4.98 Å². The van der Waals surface area contributed by atoms with E-state index in [1.807, 2.05) is 0 Å². The SMILES string of the molecule is CCOC(=O)c1c(C(F)(F)F)nc2ccc(OC)cc2c1O. The molecule has 0 atom stereocenters. The zero-order valence-electron chi connectivity index (χ0n) is 11.7. The molecule has 0 bridgehead atoms. The van der Waals surface area contributed by atoms with Crippen LogP contribution in [0, 0.1) is 0 Å². The van der Waals surface area contributed by atoms with Gasteiger partial charge < -0.3 is 14.6 Å². The van der Waals surface area contributed by atoms with Crippen molar-refractivity contribution in [2.24, 2.45) is 0 Å². The van der Waals surface area contributed by atoms with Crippen molar-refractivity contribution in [1.29, 1.82) is 0 Å². The third-order valence-electron chi connectivity index (χ3n) is 2.91. The first-order chi connectivity index (χ1) is 10.3. The first-order valence-electron chi connectivity index (χ1n) is 6.24. The second-order valence-corrected chi connectivity index (χ2v) is 4.29. The molecule has 22 heavy (non-hydrogen) atoms. The van der Waals surface area contributed by atoms with Crippen molar-refractivity contribution >= 4 is 16.9 Å². The van der Waals surface area contributed by atoms with Gasteiger partial charge in [-0.2, -0.15) is 13.2 Å². The number of pyridine rings is 1. The number of esters is 1. The van der Waals surface area contributed by atoms with Crippen molar-refractivity contribution < 1.29 is 32.5 Å². The van der Waals surface area contributed by atoms with E-state index < -0.39 is 29.2 Å². The lowest BCUT2D eigenvalue weighted by molar-refractivity contribution is -0.141. The largest absolute Gasteiger partial charge is 0.506 e. The van der Waals surface area contributed by atoms with E-state index in [1.54, 1.807) is 0 Å². The maximum Gasteiger partial charge on any atom is 0.434 e. The van der Waals surface area contributed by atoms with Gasteiger partial charge in [0.1, 0.15) is 17.1 Å². The lowest BCUT2D eigenvalue weighted by Gasteiger charge is -2.15. The first-order valence-corrected chi connectivity index (χ1v) is 6.24. The van der Waals surface area contributed by atoms with Crippen LogP contribution >= 0.6 is 0 Å². The van der Waals surface area contributed by atoms with Crippen LogP contribution in [0.25, 0.3) is 10.9 Å². The average molecular weight is 315 g/mol. The second kappa shape index (κ2) is 5.70. The number of carbonyl (C=O) groups excluding carboxylic acids is 1. The molecule has 0 saturated carbocycles. The van der Waals surface area contributed by atoms with E-state index in [-0.39, 0.29) is 17.5 Å². The average Bonchev–Trinajstić information content (AvgIpc) is 2.46. The number of hydrogen-bond acceptors (Lipinski definition) is 5. The summed E-state index contributed by atoms with van der Waals surface area (Å²) >= 11 is 0. The number of aromatic hydroxyl groups is 1. The normalized spacial score (nSPS) is 11.5. The van der Waals surface area contributed by atoms with E-state index in [0.29, 0.717) is 5.75 Å². The van der Waals surface area contributed by atoms with Gasteiger partial charge in [-0.05, 0) is 25.1 Å². The molecule has 5 nitrogen and oxygen atoms in total. The zero-order chi connectivity index (χ0) is 16.5. The van der Waals surface area contributed by atoms with Crippen LogP contribution in [0.5, 0.6) is 11.5 Å². The van der Waals surface area contributed by atoms with Gasteiger partial charge in [0.25, 0.3) is 0 Å². The number of alkyl halides is 3. The van der Waals surface area contributed by atoms with Gasteiger partial charge in [-0.1, -0.05) is 0 Å². The monoisotopic (exact) mass is 315 g/mol. The Balaban J connectivity index is 2.82. The van der Waals surface area contributed by atoms with Crippen LogP contribution < -0.4 is 4.74 Å². The molecule has 0 fully saturated rings. The molecule has 8 heteroatoms.